The van der Waals surface area contributed by atoms with E-state index in [9.17, 15) is 9.47 Å². The van der Waals surface area contributed by atoms with E-state index in [1.54, 1.807) is 24.3 Å². The van der Waals surface area contributed by atoms with E-state index < -0.39 is 7.52 Å². The molecule has 0 aliphatic carbocycles. The van der Waals surface area contributed by atoms with Crippen LogP contribution in [0.1, 0.15) is 12.0 Å². The van der Waals surface area contributed by atoms with E-state index in [4.69, 9.17) is 27.7 Å². The molecule has 0 aromatic heterocycles. The summed E-state index contributed by atoms with van der Waals surface area (Å²) >= 11 is 11.5. The van der Waals surface area contributed by atoms with Crippen molar-refractivity contribution in [3.8, 4) is 0 Å². The molecule has 1 heterocycles. The summed E-state index contributed by atoms with van der Waals surface area (Å²) in [5, 5.41) is 4.61. The summed E-state index contributed by atoms with van der Waals surface area (Å²) in [4.78, 5) is 11.0. The normalized spacial score (nSPS) is 23.0. The van der Waals surface area contributed by atoms with Crippen molar-refractivity contribution in [1.82, 2.24) is 9.90 Å². The molecule has 0 N–H and O–H groups in total. The fourth-order valence-corrected chi connectivity index (χ4v) is 4.76. The Labute approximate surface area is 133 Å². The quantitative estimate of drug-likeness (QED) is 0.336. The average molecular weight is 352 g/mol. The molecule has 0 amide bonds. The van der Waals surface area contributed by atoms with Gasteiger partial charge < -0.3 is 4.52 Å². The Morgan fingerprint density at radius 3 is 2.71 bits per heavy atom. The highest BCUT2D eigenvalue weighted by molar-refractivity contribution is 7.55. The molecule has 0 saturated carbocycles. The number of hydrogen-bond acceptors (Lipinski definition) is 4. The first-order valence-corrected chi connectivity index (χ1v) is 9.19. The zero-order valence-corrected chi connectivity index (χ0v) is 13.7. The van der Waals surface area contributed by atoms with Gasteiger partial charge in [-0.25, -0.2) is 0 Å². The SMILES string of the molecule is O=NN(CCCl)N1CCCOP1(=O)Cc1ccc(Cl)cc1. The van der Waals surface area contributed by atoms with Crippen molar-refractivity contribution >= 4 is 30.7 Å². The molecule has 1 fully saturated rings. The van der Waals surface area contributed by atoms with Crippen LogP contribution in [0.3, 0.4) is 0 Å². The van der Waals surface area contributed by atoms with Crippen LogP contribution in [0, 0.1) is 4.91 Å². The number of benzene rings is 1. The third-order valence-corrected chi connectivity index (χ3v) is 5.97. The van der Waals surface area contributed by atoms with Crippen LogP contribution in [0.25, 0.3) is 0 Å². The maximum atomic E-state index is 13.1. The predicted molar refractivity (Wildman–Crippen MR) is 83.3 cm³/mol. The standard InChI is InChI=1S/C12H16Cl2N3O3P/c13-6-8-16(15-18)17-7-1-9-20-21(17,19)10-11-2-4-12(14)5-3-11/h2-5H,1,6-10H2. The second-order valence-corrected chi connectivity index (χ2v) is 7.70. The molecule has 1 aromatic carbocycles. The molecular formula is C12H16Cl2N3O3P. The Balaban J connectivity index is 2.20. The Morgan fingerprint density at radius 2 is 2.10 bits per heavy atom. The van der Waals surface area contributed by atoms with E-state index >= 15 is 0 Å². The minimum atomic E-state index is -3.20. The average Bonchev–Trinajstić information content (AvgIpc) is 2.48. The first-order chi connectivity index (χ1) is 10.1. The zero-order chi connectivity index (χ0) is 15.3. The van der Waals surface area contributed by atoms with Gasteiger partial charge in [-0.1, -0.05) is 23.7 Å². The molecule has 116 valence electrons. The molecule has 9 heteroatoms. The first kappa shape index (κ1) is 16.7. The lowest BCUT2D eigenvalue weighted by atomic mass is 10.2. The van der Waals surface area contributed by atoms with Gasteiger partial charge in [0.25, 0.3) is 7.52 Å². The molecule has 0 bridgehead atoms. The van der Waals surface area contributed by atoms with E-state index in [0.717, 1.165) is 10.7 Å². The summed E-state index contributed by atoms with van der Waals surface area (Å²) in [6.45, 7) is 1.04. The number of alkyl halides is 1. The largest absolute Gasteiger partial charge is 0.316 e. The molecule has 1 saturated heterocycles. The molecular weight excluding hydrogens is 336 g/mol. The van der Waals surface area contributed by atoms with Gasteiger partial charge in [-0.15, -0.1) is 21.3 Å². The van der Waals surface area contributed by atoms with Gasteiger partial charge in [0.2, 0.25) is 0 Å². The van der Waals surface area contributed by atoms with Crippen molar-refractivity contribution in [2.75, 3.05) is 25.6 Å². The lowest BCUT2D eigenvalue weighted by Gasteiger charge is -2.38. The van der Waals surface area contributed by atoms with Crippen LogP contribution >= 0.6 is 30.7 Å². The van der Waals surface area contributed by atoms with E-state index in [1.807, 2.05) is 0 Å². The number of hydrazine groups is 1. The molecule has 1 unspecified atom stereocenters. The van der Waals surface area contributed by atoms with Crippen LogP contribution in [-0.4, -0.2) is 35.5 Å². The van der Waals surface area contributed by atoms with Crippen LogP contribution in [0.5, 0.6) is 0 Å². The van der Waals surface area contributed by atoms with Crippen molar-refractivity contribution in [3.63, 3.8) is 0 Å². The Bertz CT molecular complexity index is 529. The monoisotopic (exact) mass is 351 g/mol. The molecule has 1 atom stereocenters. The van der Waals surface area contributed by atoms with Gasteiger partial charge in [0.15, 0.2) is 0 Å². The minimum Gasteiger partial charge on any atom is -0.316 e. The summed E-state index contributed by atoms with van der Waals surface area (Å²) in [6.07, 6.45) is 0.872. The fraction of sp³-hybridized carbons (Fsp3) is 0.500. The van der Waals surface area contributed by atoms with Crippen molar-refractivity contribution in [1.29, 1.82) is 0 Å². The van der Waals surface area contributed by atoms with Gasteiger partial charge >= 0.3 is 0 Å². The Hall–Kier alpha value is -0.650. The number of rotatable bonds is 6. The Morgan fingerprint density at radius 1 is 1.38 bits per heavy atom. The van der Waals surface area contributed by atoms with Gasteiger partial charge in [-0.2, -0.15) is 5.12 Å². The maximum absolute atomic E-state index is 13.1. The summed E-state index contributed by atoms with van der Waals surface area (Å²) in [5.74, 6) is 0.211. The number of nitrogens with zero attached hydrogens (tertiary/aromatic N) is 3. The molecule has 6 nitrogen and oxygen atoms in total. The minimum absolute atomic E-state index is 0.193. The molecule has 2 rings (SSSR count). The van der Waals surface area contributed by atoms with Gasteiger partial charge in [-0.3, -0.25) is 4.57 Å². The van der Waals surface area contributed by atoms with Crippen molar-refractivity contribution in [2.24, 2.45) is 5.29 Å². The summed E-state index contributed by atoms with van der Waals surface area (Å²) in [6, 6.07) is 7.04. The Kier molecular flexibility index (Phi) is 6.02. The highest BCUT2D eigenvalue weighted by atomic mass is 35.5. The zero-order valence-electron chi connectivity index (χ0n) is 11.3. The number of halogens is 2. The fourth-order valence-electron chi connectivity index (χ4n) is 2.13. The molecule has 1 aliphatic heterocycles. The van der Waals surface area contributed by atoms with Crippen molar-refractivity contribution < 1.29 is 9.09 Å². The second kappa shape index (κ2) is 7.56. The number of hydrogen-bond donors (Lipinski definition) is 0. The van der Waals surface area contributed by atoms with Crippen molar-refractivity contribution in [2.45, 2.75) is 12.6 Å². The van der Waals surface area contributed by atoms with Crippen LogP contribution in [0.15, 0.2) is 29.6 Å². The highest BCUT2D eigenvalue weighted by Gasteiger charge is 2.39. The summed E-state index contributed by atoms with van der Waals surface area (Å²) in [7, 11) is -3.20. The number of nitroso groups, excluding NO2 is 1. The molecule has 21 heavy (non-hydrogen) atoms. The molecule has 0 radical (unpaired) electrons. The topological polar surface area (TPSA) is 62.2 Å². The van der Waals surface area contributed by atoms with Gasteiger partial charge in [0.05, 0.1) is 24.6 Å². The van der Waals surface area contributed by atoms with Crippen LogP contribution < -0.4 is 0 Å². The predicted octanol–water partition coefficient (Wildman–Crippen LogP) is 3.89. The van der Waals surface area contributed by atoms with Gasteiger partial charge in [0.1, 0.15) is 0 Å². The highest BCUT2D eigenvalue weighted by Crippen LogP contribution is 2.56. The summed E-state index contributed by atoms with van der Waals surface area (Å²) in [5.41, 5.74) is 0.825. The van der Waals surface area contributed by atoms with Crippen LogP contribution in [0.4, 0.5) is 0 Å². The van der Waals surface area contributed by atoms with Crippen molar-refractivity contribution in [3.05, 3.63) is 39.8 Å². The van der Waals surface area contributed by atoms with E-state index in [1.165, 1.54) is 4.78 Å². The smallest absolute Gasteiger partial charge is 0.295 e. The third kappa shape index (κ3) is 4.18. The molecule has 0 spiro atoms. The first-order valence-electron chi connectivity index (χ1n) is 6.52. The lowest BCUT2D eigenvalue weighted by molar-refractivity contribution is 0.0226. The third-order valence-electron chi connectivity index (χ3n) is 3.09. The van der Waals surface area contributed by atoms with E-state index in [2.05, 4.69) is 5.29 Å². The van der Waals surface area contributed by atoms with E-state index in [0.29, 0.717) is 24.6 Å². The molecule has 1 aliphatic rings. The van der Waals surface area contributed by atoms with Gasteiger partial charge in [0, 0.05) is 17.4 Å². The molecule has 1 aromatic rings. The van der Waals surface area contributed by atoms with Crippen LogP contribution in [0.2, 0.25) is 5.02 Å². The van der Waals surface area contributed by atoms with E-state index in [-0.39, 0.29) is 18.6 Å². The lowest BCUT2D eigenvalue weighted by Crippen LogP contribution is -2.41. The van der Waals surface area contributed by atoms with Crippen LogP contribution in [-0.2, 0) is 15.3 Å². The maximum Gasteiger partial charge on any atom is 0.295 e. The summed E-state index contributed by atoms with van der Waals surface area (Å²) < 4.78 is 20.0. The van der Waals surface area contributed by atoms with Gasteiger partial charge in [-0.05, 0) is 24.1 Å². The second-order valence-electron chi connectivity index (χ2n) is 4.57.